The summed E-state index contributed by atoms with van der Waals surface area (Å²) in [6, 6.07) is -0.602. The van der Waals surface area contributed by atoms with Gasteiger partial charge in [-0.1, -0.05) is 6.58 Å². The van der Waals surface area contributed by atoms with Crippen molar-refractivity contribution < 1.29 is 19.0 Å². The molecule has 2 aliphatic heterocycles. The van der Waals surface area contributed by atoms with Crippen molar-refractivity contribution >= 4 is 7.85 Å². The van der Waals surface area contributed by atoms with E-state index in [4.69, 9.17) is 26.9 Å². The van der Waals surface area contributed by atoms with E-state index in [-0.39, 0.29) is 12.1 Å². The maximum Gasteiger partial charge on any atom is 0.154 e. The third-order valence-corrected chi connectivity index (χ3v) is 3.10. The van der Waals surface area contributed by atoms with E-state index in [9.17, 15) is 0 Å². The van der Waals surface area contributed by atoms with Crippen LogP contribution >= 0.6 is 0 Å². The van der Waals surface area contributed by atoms with E-state index in [0.717, 1.165) is 0 Å². The van der Waals surface area contributed by atoms with E-state index in [1.54, 1.807) is 12.2 Å². The Kier molecular flexibility index (Phi) is 3.25. The first kappa shape index (κ1) is 11.9. The summed E-state index contributed by atoms with van der Waals surface area (Å²) < 4.78 is 16.5. The van der Waals surface area contributed by atoms with Gasteiger partial charge in [0, 0.05) is 20.2 Å². The molecule has 4 atom stereocenters. The third kappa shape index (κ3) is 1.66. The van der Waals surface area contributed by atoms with Gasteiger partial charge in [-0.3, -0.25) is 4.84 Å². The van der Waals surface area contributed by atoms with Gasteiger partial charge in [0.05, 0.1) is 18.9 Å². The molecule has 0 aromatic carbocycles. The summed E-state index contributed by atoms with van der Waals surface area (Å²) in [6.45, 7) is 4.31. The van der Waals surface area contributed by atoms with Crippen LogP contribution in [0.25, 0.3) is 0 Å². The largest absolute Gasteiger partial charge is 0.494 e. The van der Waals surface area contributed by atoms with E-state index in [0.29, 0.717) is 13.2 Å². The number of hydrogen-bond acceptors (Lipinski definition) is 5. The van der Waals surface area contributed by atoms with Crippen molar-refractivity contribution in [1.29, 1.82) is 0 Å². The topological polar surface area (TPSA) is 40.2 Å². The summed E-state index contributed by atoms with van der Waals surface area (Å²) in [6.07, 6.45) is 1.18. The van der Waals surface area contributed by atoms with Gasteiger partial charge in [-0.15, -0.1) is 0 Å². The molecule has 2 saturated heterocycles. The minimum absolute atomic E-state index is 0.151. The minimum Gasteiger partial charge on any atom is -0.494 e. The summed E-state index contributed by atoms with van der Waals surface area (Å²) in [7, 11) is 9.36. The van der Waals surface area contributed by atoms with Crippen molar-refractivity contribution in [1.82, 2.24) is 5.06 Å². The van der Waals surface area contributed by atoms with E-state index in [1.165, 1.54) is 6.26 Å². The van der Waals surface area contributed by atoms with Crippen LogP contribution in [0.2, 0.25) is 0 Å². The van der Waals surface area contributed by atoms with E-state index >= 15 is 0 Å². The summed E-state index contributed by atoms with van der Waals surface area (Å²) in [4.78, 5) is 5.50. The van der Waals surface area contributed by atoms with Crippen molar-refractivity contribution in [2.24, 2.45) is 0 Å². The van der Waals surface area contributed by atoms with Crippen LogP contribution in [-0.2, 0) is 19.0 Å². The lowest BCUT2D eigenvalue weighted by Crippen LogP contribution is -2.60. The van der Waals surface area contributed by atoms with Crippen LogP contribution in [0.1, 0.15) is 0 Å². The average Bonchev–Trinajstić information content (AvgIpc) is 2.42. The highest BCUT2D eigenvalue weighted by molar-refractivity contribution is 6.11. The molecular weight excluding hydrogens is 209 g/mol. The molecule has 0 aromatic rings. The third-order valence-electron chi connectivity index (χ3n) is 3.10. The SMILES string of the molecule is [B]C1OC2(COC)CON(C)C1C2OC=C. The van der Waals surface area contributed by atoms with Crippen molar-refractivity contribution in [2.45, 2.75) is 23.8 Å². The summed E-state index contributed by atoms with van der Waals surface area (Å²) in [5.41, 5.74) is -0.639. The highest BCUT2D eigenvalue weighted by atomic mass is 16.7. The first-order valence-corrected chi connectivity index (χ1v) is 5.19. The Morgan fingerprint density at radius 1 is 1.69 bits per heavy atom. The molecule has 0 N–H and O–H groups in total. The number of hydrogen-bond donors (Lipinski definition) is 0. The standard InChI is InChI=1S/C10H16BNO4/c1-4-14-8-7-9(11)16-10(8,5-13-3)6-15-12(7)2/h4,7-9H,1,5-6H2,2-3H3. The quantitative estimate of drug-likeness (QED) is 0.484. The molecule has 88 valence electrons. The van der Waals surface area contributed by atoms with Gasteiger partial charge < -0.3 is 14.2 Å². The van der Waals surface area contributed by atoms with Crippen molar-refractivity contribution in [3.63, 3.8) is 0 Å². The van der Waals surface area contributed by atoms with Gasteiger partial charge in [0.15, 0.2) is 11.7 Å². The van der Waals surface area contributed by atoms with Gasteiger partial charge in [-0.2, -0.15) is 5.06 Å². The summed E-state index contributed by atoms with van der Waals surface area (Å²) >= 11 is 0. The van der Waals surface area contributed by atoms with Crippen molar-refractivity contribution in [3.8, 4) is 0 Å². The molecule has 0 saturated carbocycles. The molecule has 5 nitrogen and oxygen atoms in total. The highest BCUT2D eigenvalue weighted by Crippen LogP contribution is 2.39. The number of methoxy groups -OCH3 is 1. The fourth-order valence-corrected chi connectivity index (χ4v) is 2.41. The van der Waals surface area contributed by atoms with Gasteiger partial charge >= 0.3 is 0 Å². The number of rotatable bonds is 4. The lowest BCUT2D eigenvalue weighted by Gasteiger charge is -2.41. The molecule has 0 aromatic heterocycles. The minimum atomic E-state index is -0.639. The lowest BCUT2D eigenvalue weighted by molar-refractivity contribution is -0.257. The maximum absolute atomic E-state index is 5.93. The second kappa shape index (κ2) is 4.37. The maximum atomic E-state index is 5.93. The van der Waals surface area contributed by atoms with E-state index < -0.39 is 11.6 Å². The van der Waals surface area contributed by atoms with Crippen molar-refractivity contribution in [2.75, 3.05) is 27.4 Å². The Bertz CT molecular complexity index is 278. The van der Waals surface area contributed by atoms with Gasteiger partial charge in [0.1, 0.15) is 14.5 Å². The van der Waals surface area contributed by atoms with E-state index in [1.807, 2.05) is 7.05 Å². The van der Waals surface area contributed by atoms with Crippen LogP contribution in [0.15, 0.2) is 12.8 Å². The highest BCUT2D eigenvalue weighted by Gasteiger charge is 2.60. The second-order valence-electron chi connectivity index (χ2n) is 4.11. The number of hydroxylamine groups is 2. The zero-order chi connectivity index (χ0) is 11.8. The van der Waals surface area contributed by atoms with Crippen LogP contribution < -0.4 is 0 Å². The van der Waals surface area contributed by atoms with Crippen molar-refractivity contribution in [3.05, 3.63) is 12.8 Å². The van der Waals surface area contributed by atoms with Crippen LogP contribution in [0.5, 0.6) is 0 Å². The van der Waals surface area contributed by atoms with Crippen LogP contribution in [0.4, 0.5) is 0 Å². The number of ether oxygens (including phenoxy) is 3. The van der Waals surface area contributed by atoms with Crippen LogP contribution in [0.3, 0.4) is 0 Å². The molecule has 2 rings (SSSR count). The Morgan fingerprint density at radius 2 is 2.44 bits per heavy atom. The molecular formula is C10H16BNO4. The van der Waals surface area contributed by atoms with E-state index in [2.05, 4.69) is 6.58 Å². The first-order valence-electron chi connectivity index (χ1n) is 5.19. The van der Waals surface area contributed by atoms with Gasteiger partial charge in [-0.25, -0.2) is 0 Å². The molecule has 0 aliphatic carbocycles. The lowest BCUT2D eigenvalue weighted by atomic mass is 9.86. The summed E-state index contributed by atoms with van der Waals surface area (Å²) in [5, 5.41) is 1.68. The number of nitrogens with zero attached hydrogens (tertiary/aromatic N) is 1. The molecule has 0 amide bonds. The summed E-state index contributed by atoms with van der Waals surface area (Å²) in [5.74, 6) is 0. The number of fused-ring (bicyclic) bond motifs is 2. The fourth-order valence-electron chi connectivity index (χ4n) is 2.41. The molecule has 6 heteroatoms. The first-order chi connectivity index (χ1) is 7.64. The predicted molar refractivity (Wildman–Crippen MR) is 57.8 cm³/mol. The van der Waals surface area contributed by atoms with Crippen LogP contribution in [0, 0.1) is 0 Å². The Hall–Kier alpha value is -0.555. The molecule has 2 heterocycles. The molecule has 16 heavy (non-hydrogen) atoms. The zero-order valence-electron chi connectivity index (χ0n) is 9.59. The normalized spacial score (nSPS) is 43.2. The smallest absolute Gasteiger partial charge is 0.154 e. The fraction of sp³-hybridized carbons (Fsp3) is 0.800. The van der Waals surface area contributed by atoms with Gasteiger partial charge in [0.2, 0.25) is 0 Å². The molecule has 2 aliphatic rings. The molecule has 2 fully saturated rings. The Morgan fingerprint density at radius 3 is 3.06 bits per heavy atom. The molecule has 0 spiro atoms. The second-order valence-corrected chi connectivity index (χ2v) is 4.11. The average molecular weight is 225 g/mol. The predicted octanol–water partition coefficient (Wildman–Crippen LogP) is -0.329. The Balaban J connectivity index is 2.26. The van der Waals surface area contributed by atoms with Gasteiger partial charge in [0.25, 0.3) is 0 Å². The zero-order valence-corrected chi connectivity index (χ0v) is 9.59. The molecule has 4 unspecified atom stereocenters. The van der Waals surface area contributed by atoms with Gasteiger partial charge in [-0.05, 0) is 0 Å². The number of likely N-dealkylation sites (N-methyl/N-ethyl adjacent to an activating group) is 1. The Labute approximate surface area is 96.6 Å². The molecule has 2 radical (unpaired) electrons. The molecule has 2 bridgehead atoms. The van der Waals surface area contributed by atoms with Crippen LogP contribution in [-0.4, -0.2) is 64.0 Å². The monoisotopic (exact) mass is 225 g/mol.